The van der Waals surface area contributed by atoms with Crippen molar-refractivity contribution in [3.05, 3.63) is 148 Å². The van der Waals surface area contributed by atoms with E-state index in [2.05, 4.69) is 24.3 Å². The quantitative estimate of drug-likeness (QED) is 0.115. The van der Waals surface area contributed by atoms with E-state index in [0.29, 0.717) is 5.69 Å². The summed E-state index contributed by atoms with van der Waals surface area (Å²) >= 11 is 1.23. The van der Waals surface area contributed by atoms with Gasteiger partial charge in [-0.25, -0.2) is 14.8 Å². The van der Waals surface area contributed by atoms with Crippen LogP contribution in [0.2, 0.25) is 0 Å². The van der Waals surface area contributed by atoms with Gasteiger partial charge in [0.25, 0.3) is 5.69 Å². The van der Waals surface area contributed by atoms with E-state index in [1.165, 1.54) is 23.9 Å². The van der Waals surface area contributed by atoms with E-state index < -0.39 is 15.9 Å². The summed E-state index contributed by atoms with van der Waals surface area (Å²) in [5, 5.41) is 27.5. The Morgan fingerprint density at radius 1 is 0.795 bits per heavy atom. The number of esters is 1. The van der Waals surface area contributed by atoms with Gasteiger partial charge in [0.05, 0.1) is 28.6 Å². The molecule has 1 spiro atoms. The Bertz CT molecular complexity index is 1970. The van der Waals surface area contributed by atoms with Gasteiger partial charge in [-0.1, -0.05) is 84.9 Å². The second-order valence-electron chi connectivity index (χ2n) is 10.1. The van der Waals surface area contributed by atoms with Crippen LogP contribution in [0.3, 0.4) is 0 Å². The van der Waals surface area contributed by atoms with Crippen LogP contribution in [-0.4, -0.2) is 28.3 Å². The van der Waals surface area contributed by atoms with Crippen LogP contribution in [0.15, 0.2) is 132 Å². The van der Waals surface area contributed by atoms with Crippen molar-refractivity contribution in [1.82, 2.24) is 0 Å². The first kappa shape index (κ1) is 27.4. The predicted molar refractivity (Wildman–Crippen MR) is 174 cm³/mol. The second-order valence-corrected chi connectivity index (χ2v) is 11.2. The normalized spacial score (nSPS) is 17.3. The highest BCUT2D eigenvalue weighted by molar-refractivity contribution is 8.16. The molecule has 44 heavy (non-hydrogen) atoms. The van der Waals surface area contributed by atoms with Crippen LogP contribution in [0.25, 0.3) is 10.8 Å². The average molecular weight is 600 g/mol. The molecule has 0 fully saturated rings. The highest BCUT2D eigenvalue weighted by Crippen LogP contribution is 2.55. The van der Waals surface area contributed by atoms with Gasteiger partial charge in [0, 0.05) is 28.8 Å². The first-order valence-corrected chi connectivity index (χ1v) is 14.8. The van der Waals surface area contributed by atoms with E-state index in [1.54, 1.807) is 24.1 Å². The third-order valence-corrected chi connectivity index (χ3v) is 8.83. The molecule has 5 aromatic rings. The Kier molecular flexibility index (Phi) is 6.83. The highest BCUT2D eigenvalue weighted by atomic mass is 32.2. The van der Waals surface area contributed by atoms with Gasteiger partial charge in [0.1, 0.15) is 0 Å². The maximum atomic E-state index is 13.2. The average Bonchev–Trinajstić information content (AvgIpc) is 3.46. The van der Waals surface area contributed by atoms with Crippen molar-refractivity contribution < 1.29 is 14.5 Å². The topological polar surface area (TPSA) is 101 Å². The van der Waals surface area contributed by atoms with Crippen molar-refractivity contribution in [1.29, 1.82) is 0 Å². The molecule has 0 saturated carbocycles. The van der Waals surface area contributed by atoms with E-state index in [9.17, 15) is 14.9 Å². The highest BCUT2D eigenvalue weighted by Gasteiger charge is 2.56. The van der Waals surface area contributed by atoms with Crippen molar-refractivity contribution >= 4 is 56.3 Å². The molecule has 0 bridgehead atoms. The lowest BCUT2D eigenvalue weighted by Gasteiger charge is -2.47. The number of nitro groups is 1. The summed E-state index contributed by atoms with van der Waals surface area (Å²) in [5.41, 5.74) is 4.69. The molecule has 2 heterocycles. The Balaban J connectivity index is 1.52. The van der Waals surface area contributed by atoms with Crippen molar-refractivity contribution in [2.75, 3.05) is 16.6 Å². The number of para-hydroxylation sites is 1. The first-order chi connectivity index (χ1) is 21.5. The monoisotopic (exact) mass is 599 g/mol. The zero-order valence-corrected chi connectivity index (χ0v) is 24.3. The van der Waals surface area contributed by atoms with Crippen molar-refractivity contribution in [2.45, 2.75) is 11.9 Å². The van der Waals surface area contributed by atoms with E-state index >= 15 is 0 Å². The number of thioether (sulfide) groups is 1. The number of fused-ring (bicyclic) bond motifs is 3. The van der Waals surface area contributed by atoms with Crippen molar-refractivity contribution in [2.24, 2.45) is 10.2 Å². The zero-order valence-electron chi connectivity index (χ0n) is 23.5. The van der Waals surface area contributed by atoms with Gasteiger partial charge in [-0.15, -0.1) is 0 Å². The van der Waals surface area contributed by atoms with Gasteiger partial charge in [-0.05, 0) is 53.7 Å². The minimum Gasteiger partial charge on any atom is -0.461 e. The summed E-state index contributed by atoms with van der Waals surface area (Å²) in [6.07, 6.45) is 0. The fraction of sp³-hybridized carbons (Fsp3) is 0.0882. The van der Waals surface area contributed by atoms with Crippen LogP contribution in [-0.2, 0) is 14.5 Å². The predicted octanol–water partition coefficient (Wildman–Crippen LogP) is 7.26. The van der Waals surface area contributed by atoms with Gasteiger partial charge in [0.15, 0.2) is 0 Å². The van der Waals surface area contributed by atoms with Crippen LogP contribution in [0, 0.1) is 10.1 Å². The molecule has 0 radical (unpaired) electrons. The lowest BCUT2D eigenvalue weighted by Crippen LogP contribution is -2.54. The number of rotatable bonds is 6. The number of hydrogen-bond donors (Lipinski definition) is 0. The standard InChI is InChI=1S/C34H25N5O4S/c1-2-43-33(40)32-36-38(25-19-21-26(22-20-25)39(41)42)34(44-32)30-18-9-8-16-29(30)31(35-37(34)24-13-4-3-5-14-24)28-17-10-12-23-11-6-7-15-27(23)28/h3-22H,2H2,1H3/t34-/m1/s1. The van der Waals surface area contributed by atoms with Crippen LogP contribution >= 0.6 is 11.8 Å². The fourth-order valence-corrected chi connectivity index (χ4v) is 6.91. The zero-order chi connectivity index (χ0) is 30.3. The fourth-order valence-electron chi connectivity index (χ4n) is 5.62. The number of nitrogens with zero attached hydrogens (tertiary/aromatic N) is 5. The smallest absolute Gasteiger partial charge is 0.365 e. The third kappa shape index (κ3) is 4.38. The Labute approximate surface area is 257 Å². The van der Waals surface area contributed by atoms with Crippen LogP contribution < -0.4 is 10.0 Å². The lowest BCUT2D eigenvalue weighted by molar-refractivity contribution is -0.384. The molecule has 9 nitrogen and oxygen atoms in total. The molecule has 0 amide bonds. The van der Waals surface area contributed by atoms with Gasteiger partial charge in [-0.2, -0.15) is 10.2 Å². The van der Waals surface area contributed by atoms with Crippen LogP contribution in [0.1, 0.15) is 23.6 Å². The van der Waals surface area contributed by atoms with E-state index in [-0.39, 0.29) is 17.3 Å². The van der Waals surface area contributed by atoms with Gasteiger partial charge in [0.2, 0.25) is 10.0 Å². The van der Waals surface area contributed by atoms with E-state index in [1.807, 2.05) is 77.8 Å². The first-order valence-electron chi connectivity index (χ1n) is 14.0. The minimum absolute atomic E-state index is 0.0514. The molecular formula is C34H25N5O4S. The molecule has 2 aliphatic rings. The molecule has 0 unspecified atom stereocenters. The number of benzene rings is 5. The molecule has 0 saturated heterocycles. The maximum Gasteiger partial charge on any atom is 0.365 e. The molecular weight excluding hydrogens is 574 g/mol. The van der Waals surface area contributed by atoms with Crippen molar-refractivity contribution in [3.8, 4) is 0 Å². The number of ether oxygens (including phenoxy) is 1. The number of nitro benzene ring substituents is 1. The molecule has 1 atom stereocenters. The summed E-state index contributed by atoms with van der Waals surface area (Å²) in [5.74, 6) is -0.560. The van der Waals surface area contributed by atoms with Gasteiger partial charge in [-0.3, -0.25) is 10.1 Å². The number of anilines is 2. The summed E-state index contributed by atoms with van der Waals surface area (Å²) in [7, 11) is 0. The second kappa shape index (κ2) is 11.0. The lowest BCUT2D eigenvalue weighted by atomic mass is 9.91. The van der Waals surface area contributed by atoms with Crippen LogP contribution in [0.4, 0.5) is 17.1 Å². The number of non-ortho nitro benzene ring substituents is 1. The maximum absolute atomic E-state index is 13.2. The molecule has 2 aliphatic heterocycles. The molecule has 7 rings (SSSR count). The third-order valence-electron chi connectivity index (χ3n) is 7.54. The molecule has 10 heteroatoms. The number of carbonyl (C=O) groups excluding carboxylic acids is 1. The van der Waals surface area contributed by atoms with Gasteiger partial charge >= 0.3 is 5.97 Å². The molecule has 0 N–H and O–H groups in total. The Morgan fingerprint density at radius 2 is 1.43 bits per heavy atom. The van der Waals surface area contributed by atoms with E-state index in [0.717, 1.165) is 38.9 Å². The summed E-state index contributed by atoms with van der Waals surface area (Å²) in [6.45, 7) is 1.93. The molecule has 216 valence electrons. The summed E-state index contributed by atoms with van der Waals surface area (Å²) < 4.78 is 5.40. The SMILES string of the molecule is CCOC(=O)C1=NN(c2ccc([N+](=O)[O-])cc2)[C@@]2(S1)c1ccccc1C(c1cccc3ccccc13)=NN2c1ccccc1. The van der Waals surface area contributed by atoms with Crippen LogP contribution in [0.5, 0.6) is 0 Å². The largest absolute Gasteiger partial charge is 0.461 e. The Hall–Kier alpha value is -5.48. The molecule has 0 aromatic heterocycles. The van der Waals surface area contributed by atoms with E-state index in [4.69, 9.17) is 14.9 Å². The number of hydrazone groups is 2. The number of hydrogen-bond acceptors (Lipinski definition) is 9. The molecule has 0 aliphatic carbocycles. The number of carbonyl (C=O) groups is 1. The Morgan fingerprint density at radius 3 is 2.20 bits per heavy atom. The molecule has 5 aromatic carbocycles. The summed E-state index contributed by atoms with van der Waals surface area (Å²) in [4.78, 5) is 23.1. The van der Waals surface area contributed by atoms with Gasteiger partial charge < -0.3 is 4.74 Å². The van der Waals surface area contributed by atoms with Crippen molar-refractivity contribution in [3.63, 3.8) is 0 Å². The minimum atomic E-state index is -1.22. The summed E-state index contributed by atoms with van der Waals surface area (Å²) in [6, 6.07) is 38.1.